The SMILES string of the molecule is CCc1ccc(C(=O)OC(C)CC)cc1S(=O)(=O)Cl. The molecule has 1 rings (SSSR count). The van der Waals surface area contributed by atoms with Crippen LogP contribution in [0.4, 0.5) is 0 Å². The number of hydrogen-bond acceptors (Lipinski definition) is 4. The molecular formula is C13H17ClO4S. The second-order valence-electron chi connectivity index (χ2n) is 4.24. The van der Waals surface area contributed by atoms with Gasteiger partial charge in [-0.25, -0.2) is 13.2 Å². The quantitative estimate of drug-likeness (QED) is 0.619. The molecule has 4 nitrogen and oxygen atoms in total. The lowest BCUT2D eigenvalue weighted by atomic mass is 10.1. The Labute approximate surface area is 118 Å². The van der Waals surface area contributed by atoms with E-state index in [4.69, 9.17) is 15.4 Å². The van der Waals surface area contributed by atoms with Crippen LogP contribution in [-0.2, 0) is 20.2 Å². The highest BCUT2D eigenvalue weighted by Gasteiger charge is 2.19. The van der Waals surface area contributed by atoms with E-state index >= 15 is 0 Å². The van der Waals surface area contributed by atoms with Crippen LogP contribution in [0.2, 0.25) is 0 Å². The number of benzene rings is 1. The molecule has 0 aliphatic rings. The van der Waals surface area contributed by atoms with E-state index < -0.39 is 15.0 Å². The first kappa shape index (κ1) is 16.0. The summed E-state index contributed by atoms with van der Waals surface area (Å²) in [5.41, 5.74) is 0.770. The third-order valence-corrected chi connectivity index (χ3v) is 4.23. The minimum Gasteiger partial charge on any atom is -0.459 e. The number of halogens is 1. The van der Waals surface area contributed by atoms with Crippen molar-refractivity contribution < 1.29 is 17.9 Å². The summed E-state index contributed by atoms with van der Waals surface area (Å²) in [7, 11) is 1.50. The largest absolute Gasteiger partial charge is 0.459 e. The molecule has 0 amide bonds. The Morgan fingerprint density at radius 2 is 2.00 bits per heavy atom. The van der Waals surface area contributed by atoms with E-state index in [1.54, 1.807) is 19.1 Å². The highest BCUT2D eigenvalue weighted by molar-refractivity contribution is 8.13. The van der Waals surface area contributed by atoms with Crippen LogP contribution in [0.15, 0.2) is 23.1 Å². The topological polar surface area (TPSA) is 60.4 Å². The molecule has 0 heterocycles. The minimum absolute atomic E-state index is 0.0322. The van der Waals surface area contributed by atoms with Gasteiger partial charge in [0.15, 0.2) is 0 Å². The van der Waals surface area contributed by atoms with Crippen LogP contribution < -0.4 is 0 Å². The smallest absolute Gasteiger partial charge is 0.338 e. The standard InChI is InChI=1S/C13H17ClO4S/c1-4-9(3)18-13(15)11-7-6-10(5-2)12(8-11)19(14,16)17/h6-9H,4-5H2,1-3H3. The normalized spacial score (nSPS) is 13.1. The zero-order chi connectivity index (χ0) is 14.6. The van der Waals surface area contributed by atoms with E-state index in [1.807, 2.05) is 13.8 Å². The lowest BCUT2D eigenvalue weighted by Crippen LogP contribution is -2.14. The summed E-state index contributed by atoms with van der Waals surface area (Å²) in [6.45, 7) is 5.49. The molecule has 0 fully saturated rings. The molecule has 0 spiro atoms. The molecule has 1 aromatic carbocycles. The van der Waals surface area contributed by atoms with Gasteiger partial charge in [-0.05, 0) is 37.5 Å². The van der Waals surface area contributed by atoms with E-state index in [0.29, 0.717) is 18.4 Å². The van der Waals surface area contributed by atoms with Crippen molar-refractivity contribution >= 4 is 25.7 Å². The molecule has 1 atom stereocenters. The van der Waals surface area contributed by atoms with Crippen LogP contribution in [0, 0.1) is 0 Å². The van der Waals surface area contributed by atoms with Gasteiger partial charge in [0.2, 0.25) is 0 Å². The summed E-state index contributed by atoms with van der Waals surface area (Å²) >= 11 is 0. The predicted molar refractivity (Wildman–Crippen MR) is 74.0 cm³/mol. The van der Waals surface area contributed by atoms with Gasteiger partial charge in [0.1, 0.15) is 0 Å². The molecule has 0 saturated carbocycles. The lowest BCUT2D eigenvalue weighted by Gasteiger charge is -2.12. The Morgan fingerprint density at radius 1 is 1.37 bits per heavy atom. The van der Waals surface area contributed by atoms with Gasteiger partial charge in [-0.1, -0.05) is 19.9 Å². The van der Waals surface area contributed by atoms with Crippen molar-refractivity contribution in [1.82, 2.24) is 0 Å². The molecule has 0 N–H and O–H groups in total. The molecule has 0 aliphatic heterocycles. The van der Waals surface area contributed by atoms with Crippen molar-refractivity contribution in [3.05, 3.63) is 29.3 Å². The maximum atomic E-state index is 11.8. The van der Waals surface area contributed by atoms with E-state index in [-0.39, 0.29) is 16.6 Å². The molecule has 106 valence electrons. The third kappa shape index (κ3) is 4.21. The fourth-order valence-corrected chi connectivity index (χ4v) is 2.76. The van der Waals surface area contributed by atoms with Crippen LogP contribution in [0.3, 0.4) is 0 Å². The first-order valence-electron chi connectivity index (χ1n) is 6.08. The van der Waals surface area contributed by atoms with Crippen LogP contribution in [0.1, 0.15) is 43.1 Å². The first-order valence-corrected chi connectivity index (χ1v) is 8.39. The number of hydrogen-bond donors (Lipinski definition) is 0. The molecule has 0 aliphatic carbocycles. The van der Waals surface area contributed by atoms with Crippen molar-refractivity contribution in [1.29, 1.82) is 0 Å². The highest BCUT2D eigenvalue weighted by Crippen LogP contribution is 2.23. The molecular weight excluding hydrogens is 288 g/mol. The maximum Gasteiger partial charge on any atom is 0.338 e. The van der Waals surface area contributed by atoms with Gasteiger partial charge in [0.25, 0.3) is 9.05 Å². The molecule has 0 radical (unpaired) electrons. The highest BCUT2D eigenvalue weighted by atomic mass is 35.7. The second-order valence-corrected chi connectivity index (χ2v) is 6.77. The van der Waals surface area contributed by atoms with Gasteiger partial charge in [0, 0.05) is 10.7 Å². The van der Waals surface area contributed by atoms with E-state index in [0.717, 1.165) is 0 Å². The molecule has 19 heavy (non-hydrogen) atoms. The summed E-state index contributed by atoms with van der Waals surface area (Å²) in [5.74, 6) is -0.543. The van der Waals surface area contributed by atoms with E-state index in [9.17, 15) is 13.2 Å². The fraction of sp³-hybridized carbons (Fsp3) is 0.462. The Morgan fingerprint density at radius 3 is 2.47 bits per heavy atom. The number of esters is 1. The number of rotatable bonds is 5. The summed E-state index contributed by atoms with van der Waals surface area (Å²) in [6, 6.07) is 4.41. The monoisotopic (exact) mass is 304 g/mol. The van der Waals surface area contributed by atoms with Crippen molar-refractivity contribution in [3.8, 4) is 0 Å². The summed E-state index contributed by atoms with van der Waals surface area (Å²) in [6.07, 6.45) is 0.996. The molecule has 0 bridgehead atoms. The second kappa shape index (κ2) is 6.39. The van der Waals surface area contributed by atoms with Crippen LogP contribution in [-0.4, -0.2) is 20.5 Å². The van der Waals surface area contributed by atoms with Crippen LogP contribution in [0.25, 0.3) is 0 Å². The predicted octanol–water partition coefficient (Wildman–Crippen LogP) is 3.13. The zero-order valence-corrected chi connectivity index (χ0v) is 12.7. The van der Waals surface area contributed by atoms with Gasteiger partial charge in [-0.2, -0.15) is 0 Å². The van der Waals surface area contributed by atoms with Crippen molar-refractivity contribution in [3.63, 3.8) is 0 Å². The van der Waals surface area contributed by atoms with Gasteiger partial charge in [-0.15, -0.1) is 0 Å². The lowest BCUT2D eigenvalue weighted by molar-refractivity contribution is 0.0334. The van der Waals surface area contributed by atoms with Crippen molar-refractivity contribution in [2.75, 3.05) is 0 Å². The molecule has 6 heteroatoms. The van der Waals surface area contributed by atoms with Crippen molar-refractivity contribution in [2.45, 2.75) is 44.6 Å². The van der Waals surface area contributed by atoms with E-state index in [2.05, 4.69) is 0 Å². The number of ether oxygens (including phenoxy) is 1. The van der Waals surface area contributed by atoms with Gasteiger partial charge in [-0.3, -0.25) is 0 Å². The molecule has 0 aromatic heterocycles. The molecule has 1 aromatic rings. The summed E-state index contributed by atoms with van der Waals surface area (Å²) < 4.78 is 28.1. The van der Waals surface area contributed by atoms with Gasteiger partial charge >= 0.3 is 5.97 Å². The number of aryl methyl sites for hydroxylation is 1. The van der Waals surface area contributed by atoms with Gasteiger partial charge in [0.05, 0.1) is 16.6 Å². The fourth-order valence-electron chi connectivity index (χ4n) is 1.53. The summed E-state index contributed by atoms with van der Waals surface area (Å²) in [4.78, 5) is 11.8. The molecule has 1 unspecified atom stereocenters. The Balaban J connectivity index is 3.16. The number of carbonyl (C=O) groups is 1. The minimum atomic E-state index is -3.87. The average Bonchev–Trinajstić information content (AvgIpc) is 2.36. The molecule has 0 saturated heterocycles. The zero-order valence-electron chi connectivity index (χ0n) is 11.1. The average molecular weight is 305 g/mol. The Kier molecular flexibility index (Phi) is 5.38. The first-order chi connectivity index (χ1) is 8.79. The Bertz CT molecular complexity index is 566. The maximum absolute atomic E-state index is 11.8. The third-order valence-electron chi connectivity index (χ3n) is 2.83. The Hall–Kier alpha value is -1.07. The van der Waals surface area contributed by atoms with E-state index in [1.165, 1.54) is 6.07 Å². The van der Waals surface area contributed by atoms with Crippen LogP contribution >= 0.6 is 10.7 Å². The van der Waals surface area contributed by atoms with Crippen LogP contribution in [0.5, 0.6) is 0 Å². The number of carbonyl (C=O) groups excluding carboxylic acids is 1. The summed E-state index contributed by atoms with van der Waals surface area (Å²) in [5, 5.41) is 0. The van der Waals surface area contributed by atoms with Crippen molar-refractivity contribution in [2.24, 2.45) is 0 Å². The van der Waals surface area contributed by atoms with Gasteiger partial charge < -0.3 is 4.74 Å².